The zero-order valence-electron chi connectivity index (χ0n) is 13.5. The summed E-state index contributed by atoms with van der Waals surface area (Å²) in [4.78, 5) is 4.29. The SMILES string of the molecule is Cc1cc(NCc2nnc(-c3ccccc3)s2)c2cccc(F)c2n1. The molecule has 1 N–H and O–H groups in total. The molecule has 0 saturated carbocycles. The Morgan fingerprint density at radius 1 is 1.04 bits per heavy atom. The Hall–Kier alpha value is -2.86. The molecule has 0 spiro atoms. The van der Waals surface area contributed by atoms with Gasteiger partial charge in [-0.1, -0.05) is 53.8 Å². The average Bonchev–Trinajstić information content (AvgIpc) is 3.10. The molecule has 4 nitrogen and oxygen atoms in total. The van der Waals surface area contributed by atoms with Crippen molar-refractivity contribution in [2.24, 2.45) is 0 Å². The Bertz CT molecular complexity index is 1030. The van der Waals surface area contributed by atoms with E-state index in [4.69, 9.17) is 0 Å². The van der Waals surface area contributed by atoms with Crippen LogP contribution in [0.2, 0.25) is 0 Å². The number of aryl methyl sites for hydroxylation is 1. The summed E-state index contributed by atoms with van der Waals surface area (Å²) in [5.74, 6) is -0.313. The third kappa shape index (κ3) is 3.21. The van der Waals surface area contributed by atoms with Gasteiger partial charge in [0.1, 0.15) is 21.3 Å². The van der Waals surface area contributed by atoms with Gasteiger partial charge >= 0.3 is 0 Å². The summed E-state index contributed by atoms with van der Waals surface area (Å²) >= 11 is 1.54. The lowest BCUT2D eigenvalue weighted by atomic mass is 10.1. The quantitative estimate of drug-likeness (QED) is 0.574. The van der Waals surface area contributed by atoms with Crippen molar-refractivity contribution in [2.75, 3.05) is 5.32 Å². The molecule has 0 aliphatic carbocycles. The number of aromatic nitrogens is 3. The number of nitrogens with one attached hydrogen (secondary N) is 1. The zero-order chi connectivity index (χ0) is 17.2. The van der Waals surface area contributed by atoms with E-state index in [2.05, 4.69) is 20.5 Å². The molecule has 0 unspecified atom stereocenters. The molecular formula is C19H15FN4S. The standard InChI is InChI=1S/C19H15FN4S/c1-12-10-16(14-8-5-9-15(20)18(14)22-12)21-11-17-23-24-19(25-17)13-6-3-2-4-7-13/h2-10H,11H2,1H3,(H,21,22). The minimum atomic E-state index is -0.313. The monoisotopic (exact) mass is 350 g/mol. The van der Waals surface area contributed by atoms with Gasteiger partial charge in [0.05, 0.1) is 6.54 Å². The molecular weight excluding hydrogens is 335 g/mol. The second-order valence-corrected chi connectivity index (χ2v) is 6.73. The molecule has 0 bridgehead atoms. The number of nitrogens with zero attached hydrogens (tertiary/aromatic N) is 3. The molecule has 0 aliphatic rings. The average molecular weight is 350 g/mol. The van der Waals surface area contributed by atoms with E-state index in [0.29, 0.717) is 12.1 Å². The number of pyridine rings is 1. The lowest BCUT2D eigenvalue weighted by molar-refractivity contribution is 0.636. The molecule has 4 aromatic rings. The van der Waals surface area contributed by atoms with Gasteiger partial charge in [0, 0.05) is 22.3 Å². The fraction of sp³-hybridized carbons (Fsp3) is 0.105. The Morgan fingerprint density at radius 3 is 2.72 bits per heavy atom. The van der Waals surface area contributed by atoms with Crippen LogP contribution in [-0.2, 0) is 6.54 Å². The number of fused-ring (bicyclic) bond motifs is 1. The second-order valence-electron chi connectivity index (χ2n) is 5.67. The summed E-state index contributed by atoms with van der Waals surface area (Å²) in [6.07, 6.45) is 0. The van der Waals surface area contributed by atoms with Gasteiger partial charge in [-0.2, -0.15) is 0 Å². The van der Waals surface area contributed by atoms with Crippen LogP contribution in [0.1, 0.15) is 10.7 Å². The molecule has 0 fully saturated rings. The number of anilines is 1. The fourth-order valence-corrected chi connectivity index (χ4v) is 3.47. The molecule has 2 aromatic heterocycles. The van der Waals surface area contributed by atoms with Crippen LogP contribution in [0, 0.1) is 12.7 Å². The molecule has 6 heteroatoms. The van der Waals surface area contributed by atoms with Crippen LogP contribution in [0.3, 0.4) is 0 Å². The van der Waals surface area contributed by atoms with E-state index in [0.717, 1.165) is 32.3 Å². The minimum Gasteiger partial charge on any atom is -0.378 e. The maximum Gasteiger partial charge on any atom is 0.149 e. The molecule has 0 atom stereocenters. The number of hydrogen-bond acceptors (Lipinski definition) is 5. The normalized spacial score (nSPS) is 11.0. The van der Waals surface area contributed by atoms with Gasteiger partial charge in [-0.15, -0.1) is 10.2 Å². The van der Waals surface area contributed by atoms with Crippen molar-refractivity contribution in [1.82, 2.24) is 15.2 Å². The Balaban J connectivity index is 1.59. The molecule has 4 rings (SSSR count). The van der Waals surface area contributed by atoms with Gasteiger partial charge in [-0.3, -0.25) is 0 Å². The van der Waals surface area contributed by atoms with Crippen molar-refractivity contribution in [3.63, 3.8) is 0 Å². The molecule has 124 valence electrons. The predicted molar refractivity (Wildman–Crippen MR) is 99.1 cm³/mol. The largest absolute Gasteiger partial charge is 0.378 e. The first-order valence-corrected chi connectivity index (χ1v) is 8.70. The Morgan fingerprint density at radius 2 is 1.88 bits per heavy atom. The lowest BCUT2D eigenvalue weighted by Crippen LogP contribution is -2.01. The summed E-state index contributed by atoms with van der Waals surface area (Å²) < 4.78 is 14.0. The maximum atomic E-state index is 14.0. The number of benzene rings is 2. The topological polar surface area (TPSA) is 50.7 Å². The van der Waals surface area contributed by atoms with Crippen LogP contribution in [0.15, 0.2) is 54.6 Å². The van der Waals surface area contributed by atoms with Crippen molar-refractivity contribution >= 4 is 27.9 Å². The molecule has 0 radical (unpaired) electrons. The smallest absolute Gasteiger partial charge is 0.149 e. The van der Waals surface area contributed by atoms with Crippen LogP contribution < -0.4 is 5.32 Å². The second kappa shape index (κ2) is 6.57. The van der Waals surface area contributed by atoms with Crippen molar-refractivity contribution in [1.29, 1.82) is 0 Å². The van der Waals surface area contributed by atoms with Crippen LogP contribution in [0.25, 0.3) is 21.5 Å². The zero-order valence-corrected chi connectivity index (χ0v) is 14.3. The summed E-state index contributed by atoms with van der Waals surface area (Å²) in [5, 5.41) is 14.4. The molecule has 2 heterocycles. The highest BCUT2D eigenvalue weighted by atomic mass is 32.1. The summed E-state index contributed by atoms with van der Waals surface area (Å²) in [6.45, 7) is 2.38. The van der Waals surface area contributed by atoms with E-state index in [-0.39, 0.29) is 5.82 Å². The van der Waals surface area contributed by atoms with Crippen molar-refractivity contribution in [3.05, 3.63) is 71.1 Å². The molecule has 25 heavy (non-hydrogen) atoms. The van der Waals surface area contributed by atoms with Gasteiger partial charge in [0.2, 0.25) is 0 Å². The molecule has 0 amide bonds. The highest BCUT2D eigenvalue weighted by Gasteiger charge is 2.10. The first-order valence-electron chi connectivity index (χ1n) is 7.88. The van der Waals surface area contributed by atoms with E-state index >= 15 is 0 Å². The fourth-order valence-electron chi connectivity index (χ4n) is 2.68. The van der Waals surface area contributed by atoms with E-state index in [1.54, 1.807) is 17.4 Å². The third-order valence-corrected chi connectivity index (χ3v) is 4.81. The Kier molecular flexibility index (Phi) is 4.11. The highest BCUT2D eigenvalue weighted by molar-refractivity contribution is 7.14. The van der Waals surface area contributed by atoms with Gasteiger partial charge in [0.15, 0.2) is 0 Å². The van der Waals surface area contributed by atoms with E-state index in [1.807, 2.05) is 49.4 Å². The summed E-state index contributed by atoms with van der Waals surface area (Å²) in [6, 6.07) is 16.9. The van der Waals surface area contributed by atoms with Crippen LogP contribution >= 0.6 is 11.3 Å². The van der Waals surface area contributed by atoms with E-state index in [9.17, 15) is 4.39 Å². The number of rotatable bonds is 4. The van der Waals surface area contributed by atoms with Crippen molar-refractivity contribution < 1.29 is 4.39 Å². The highest BCUT2D eigenvalue weighted by Crippen LogP contribution is 2.27. The third-order valence-electron chi connectivity index (χ3n) is 3.84. The molecule has 2 aromatic carbocycles. The number of halogens is 1. The summed E-state index contributed by atoms with van der Waals surface area (Å²) in [7, 11) is 0. The maximum absolute atomic E-state index is 14.0. The molecule has 0 aliphatic heterocycles. The van der Waals surface area contributed by atoms with Gasteiger partial charge < -0.3 is 5.32 Å². The predicted octanol–water partition coefficient (Wildman–Crippen LogP) is 4.81. The van der Waals surface area contributed by atoms with Crippen LogP contribution in [-0.4, -0.2) is 15.2 Å². The van der Waals surface area contributed by atoms with E-state index < -0.39 is 0 Å². The summed E-state index contributed by atoms with van der Waals surface area (Å²) in [5.41, 5.74) is 3.05. The Labute approximate surface area is 148 Å². The van der Waals surface area contributed by atoms with Crippen molar-refractivity contribution in [3.8, 4) is 10.6 Å². The first kappa shape index (κ1) is 15.7. The minimum absolute atomic E-state index is 0.313. The van der Waals surface area contributed by atoms with Gasteiger partial charge in [-0.25, -0.2) is 9.37 Å². The lowest BCUT2D eigenvalue weighted by Gasteiger charge is -2.09. The first-order chi connectivity index (χ1) is 12.2. The van der Waals surface area contributed by atoms with Crippen molar-refractivity contribution in [2.45, 2.75) is 13.5 Å². The number of para-hydroxylation sites is 1. The van der Waals surface area contributed by atoms with E-state index in [1.165, 1.54) is 6.07 Å². The van der Waals surface area contributed by atoms with Gasteiger partial charge in [0.25, 0.3) is 0 Å². The van der Waals surface area contributed by atoms with Gasteiger partial charge in [-0.05, 0) is 19.1 Å². The number of hydrogen-bond donors (Lipinski definition) is 1. The van der Waals surface area contributed by atoms with Crippen LogP contribution in [0.4, 0.5) is 10.1 Å². The molecule has 0 saturated heterocycles. The van der Waals surface area contributed by atoms with Crippen LogP contribution in [0.5, 0.6) is 0 Å².